The number of aliphatic carboxylic acids is 1. The number of carboxylic acids is 1. The number of rotatable bonds is 4. The molecule has 124 valence electrons. The van der Waals surface area contributed by atoms with Crippen LogP contribution in [0.15, 0.2) is 54.6 Å². The second-order valence-electron chi connectivity index (χ2n) is 6.04. The van der Waals surface area contributed by atoms with E-state index in [1.165, 1.54) is 4.90 Å². The minimum atomic E-state index is -0.966. The van der Waals surface area contributed by atoms with Crippen LogP contribution < -0.4 is 0 Å². The Morgan fingerprint density at radius 2 is 1.62 bits per heavy atom. The summed E-state index contributed by atoms with van der Waals surface area (Å²) >= 11 is 0. The third-order valence-electron chi connectivity index (χ3n) is 4.30. The Morgan fingerprint density at radius 3 is 2.25 bits per heavy atom. The molecule has 2 atom stereocenters. The number of likely N-dealkylation sites (tertiary alicyclic amines) is 1. The van der Waals surface area contributed by atoms with Gasteiger partial charge in [-0.3, -0.25) is 9.59 Å². The molecule has 2 N–H and O–H groups in total. The smallest absolute Gasteiger partial charge is 0.305 e. The minimum Gasteiger partial charge on any atom is -0.481 e. The highest BCUT2D eigenvalue weighted by atomic mass is 16.4. The van der Waals surface area contributed by atoms with Gasteiger partial charge < -0.3 is 15.1 Å². The molecule has 1 amide bonds. The van der Waals surface area contributed by atoms with Gasteiger partial charge in [0.25, 0.3) is 5.91 Å². The van der Waals surface area contributed by atoms with Crippen molar-refractivity contribution < 1.29 is 19.8 Å². The average Bonchev–Trinajstić information content (AvgIpc) is 2.95. The molecule has 1 saturated heterocycles. The van der Waals surface area contributed by atoms with E-state index in [9.17, 15) is 14.7 Å². The lowest BCUT2D eigenvalue weighted by molar-refractivity contribution is -0.137. The first kappa shape index (κ1) is 16.2. The number of β-amino-alcohol motifs (C(OH)–C–C–N with tert-alkyl or cyclic N) is 1. The highest BCUT2D eigenvalue weighted by molar-refractivity contribution is 5.95. The van der Waals surface area contributed by atoms with Crippen molar-refractivity contribution >= 4 is 11.9 Å². The van der Waals surface area contributed by atoms with Crippen molar-refractivity contribution in [1.82, 2.24) is 4.90 Å². The van der Waals surface area contributed by atoms with Gasteiger partial charge >= 0.3 is 5.97 Å². The monoisotopic (exact) mass is 325 g/mol. The number of carbonyl (C=O) groups is 2. The number of carboxylic acid groups (broad SMARTS) is 1. The fourth-order valence-corrected chi connectivity index (χ4v) is 3.14. The number of aliphatic hydroxyl groups is 1. The molecule has 0 bridgehead atoms. The number of aliphatic hydroxyl groups excluding tert-OH is 1. The molecular formula is C19H19NO4. The highest BCUT2D eigenvalue weighted by Crippen LogP contribution is 2.25. The van der Waals surface area contributed by atoms with Crippen LogP contribution in [0.4, 0.5) is 0 Å². The van der Waals surface area contributed by atoms with E-state index in [0.717, 1.165) is 11.1 Å². The van der Waals surface area contributed by atoms with Gasteiger partial charge in [0, 0.05) is 18.2 Å². The van der Waals surface area contributed by atoms with Crippen molar-refractivity contribution in [3.05, 3.63) is 60.2 Å². The molecule has 0 saturated carbocycles. The van der Waals surface area contributed by atoms with E-state index in [2.05, 4.69) is 0 Å². The molecule has 2 aromatic rings. The van der Waals surface area contributed by atoms with E-state index >= 15 is 0 Å². The summed E-state index contributed by atoms with van der Waals surface area (Å²) in [5.74, 6) is -1.20. The van der Waals surface area contributed by atoms with Crippen LogP contribution >= 0.6 is 0 Å². The number of hydrogen-bond donors (Lipinski definition) is 2. The van der Waals surface area contributed by atoms with Crippen LogP contribution in [0.2, 0.25) is 0 Å². The Hall–Kier alpha value is -2.66. The predicted molar refractivity (Wildman–Crippen MR) is 89.6 cm³/mol. The molecule has 24 heavy (non-hydrogen) atoms. The summed E-state index contributed by atoms with van der Waals surface area (Å²) < 4.78 is 0. The van der Waals surface area contributed by atoms with E-state index in [1.54, 1.807) is 12.1 Å². The molecule has 5 nitrogen and oxygen atoms in total. The second-order valence-corrected chi connectivity index (χ2v) is 6.04. The van der Waals surface area contributed by atoms with Crippen molar-refractivity contribution in [2.24, 2.45) is 0 Å². The number of hydrogen-bond acceptors (Lipinski definition) is 3. The Morgan fingerprint density at radius 1 is 1.00 bits per heavy atom. The zero-order chi connectivity index (χ0) is 17.1. The maximum atomic E-state index is 12.7. The predicted octanol–water partition coefficient (Wildman–Crippen LogP) is 2.40. The molecule has 0 aromatic heterocycles. The lowest BCUT2D eigenvalue weighted by atomic mass is 10.0. The first-order chi connectivity index (χ1) is 11.5. The molecule has 5 heteroatoms. The summed E-state index contributed by atoms with van der Waals surface area (Å²) in [5.41, 5.74) is 2.58. The Balaban J connectivity index is 1.78. The minimum absolute atomic E-state index is 0.148. The average molecular weight is 325 g/mol. The van der Waals surface area contributed by atoms with Crippen LogP contribution in [0.3, 0.4) is 0 Å². The third kappa shape index (κ3) is 3.46. The lowest BCUT2D eigenvalue weighted by Crippen LogP contribution is -2.37. The molecule has 0 radical (unpaired) electrons. The Bertz CT molecular complexity index is 727. The molecular weight excluding hydrogens is 306 g/mol. The van der Waals surface area contributed by atoms with Crippen molar-refractivity contribution in [3.63, 3.8) is 0 Å². The van der Waals surface area contributed by atoms with Crippen molar-refractivity contribution in [2.75, 3.05) is 6.54 Å². The molecule has 0 spiro atoms. The summed E-state index contributed by atoms with van der Waals surface area (Å²) in [7, 11) is 0. The Kier molecular flexibility index (Phi) is 4.62. The van der Waals surface area contributed by atoms with Gasteiger partial charge in [0.05, 0.1) is 12.5 Å². The third-order valence-corrected chi connectivity index (χ3v) is 4.30. The number of carbonyl (C=O) groups excluding carboxylic acids is 1. The summed E-state index contributed by atoms with van der Waals surface area (Å²) in [6, 6.07) is 16.6. The molecule has 1 heterocycles. The molecule has 0 aliphatic carbocycles. The van der Waals surface area contributed by atoms with Crippen molar-refractivity contribution in [2.45, 2.75) is 25.0 Å². The van der Waals surface area contributed by atoms with Gasteiger partial charge in [-0.2, -0.15) is 0 Å². The van der Waals surface area contributed by atoms with Crippen LogP contribution in [-0.4, -0.2) is 45.7 Å². The van der Waals surface area contributed by atoms with Gasteiger partial charge in [-0.1, -0.05) is 42.5 Å². The number of benzene rings is 2. The fourth-order valence-electron chi connectivity index (χ4n) is 3.14. The summed E-state index contributed by atoms with van der Waals surface area (Å²) in [4.78, 5) is 25.1. The second kappa shape index (κ2) is 6.84. The largest absolute Gasteiger partial charge is 0.481 e. The van der Waals surface area contributed by atoms with Gasteiger partial charge in [0.15, 0.2) is 0 Å². The zero-order valence-electron chi connectivity index (χ0n) is 13.1. The summed E-state index contributed by atoms with van der Waals surface area (Å²) in [5, 5.41) is 18.8. The van der Waals surface area contributed by atoms with Crippen LogP contribution in [-0.2, 0) is 4.79 Å². The number of amides is 1. The normalized spacial score (nSPS) is 20.1. The van der Waals surface area contributed by atoms with E-state index in [1.807, 2.05) is 42.5 Å². The molecule has 1 aliphatic rings. The SMILES string of the molecule is O=C(O)C[C@@H]1C[C@H](O)CN1C(=O)c1ccc(-c2ccccc2)cc1. The molecule has 1 fully saturated rings. The van der Waals surface area contributed by atoms with Crippen molar-refractivity contribution in [1.29, 1.82) is 0 Å². The maximum Gasteiger partial charge on any atom is 0.305 e. The first-order valence-electron chi connectivity index (χ1n) is 7.91. The fraction of sp³-hybridized carbons (Fsp3) is 0.263. The van der Waals surface area contributed by atoms with Crippen LogP contribution in [0.5, 0.6) is 0 Å². The highest BCUT2D eigenvalue weighted by Gasteiger charge is 2.35. The van der Waals surface area contributed by atoms with Gasteiger partial charge in [0.2, 0.25) is 0 Å². The first-order valence-corrected chi connectivity index (χ1v) is 7.91. The van der Waals surface area contributed by atoms with Crippen LogP contribution in [0, 0.1) is 0 Å². The molecule has 0 unspecified atom stereocenters. The molecule has 3 rings (SSSR count). The topological polar surface area (TPSA) is 77.8 Å². The lowest BCUT2D eigenvalue weighted by Gasteiger charge is -2.23. The van der Waals surface area contributed by atoms with Gasteiger partial charge in [-0.15, -0.1) is 0 Å². The quantitative estimate of drug-likeness (QED) is 0.905. The van der Waals surface area contributed by atoms with Crippen LogP contribution in [0.25, 0.3) is 11.1 Å². The van der Waals surface area contributed by atoms with E-state index in [4.69, 9.17) is 5.11 Å². The molecule has 1 aliphatic heterocycles. The zero-order valence-corrected chi connectivity index (χ0v) is 13.1. The van der Waals surface area contributed by atoms with E-state index in [-0.39, 0.29) is 18.9 Å². The van der Waals surface area contributed by atoms with Gasteiger partial charge in [-0.05, 0) is 29.7 Å². The maximum absolute atomic E-state index is 12.7. The summed E-state index contributed by atoms with van der Waals surface area (Å²) in [6.45, 7) is 0.178. The van der Waals surface area contributed by atoms with E-state index in [0.29, 0.717) is 12.0 Å². The van der Waals surface area contributed by atoms with Gasteiger partial charge in [0.1, 0.15) is 0 Å². The number of nitrogens with zero attached hydrogens (tertiary/aromatic N) is 1. The van der Waals surface area contributed by atoms with Crippen LogP contribution in [0.1, 0.15) is 23.2 Å². The van der Waals surface area contributed by atoms with Gasteiger partial charge in [-0.25, -0.2) is 0 Å². The standard InChI is InChI=1S/C19H19NO4/c21-17-10-16(11-18(22)23)20(12-17)19(24)15-8-6-14(7-9-15)13-4-2-1-3-5-13/h1-9,16-17,21H,10-12H2,(H,22,23)/t16-,17-/m0/s1. The summed E-state index contributed by atoms with van der Waals surface area (Å²) in [6.07, 6.45) is -0.507. The van der Waals surface area contributed by atoms with E-state index < -0.39 is 18.1 Å². The Labute approximate surface area is 140 Å². The molecule has 2 aromatic carbocycles. The van der Waals surface area contributed by atoms with Crippen molar-refractivity contribution in [3.8, 4) is 11.1 Å².